The van der Waals surface area contributed by atoms with Crippen LogP contribution in [-0.4, -0.2) is 35.5 Å². The summed E-state index contributed by atoms with van der Waals surface area (Å²) in [6.45, 7) is 9.36. The van der Waals surface area contributed by atoms with Crippen LogP contribution in [-0.2, 0) is 11.3 Å². The van der Waals surface area contributed by atoms with E-state index in [1.54, 1.807) is 0 Å². The van der Waals surface area contributed by atoms with Gasteiger partial charge in [0.2, 0.25) is 0 Å². The largest absolute Gasteiger partial charge is 0.323 e. The number of amides is 3. The summed E-state index contributed by atoms with van der Waals surface area (Å²) in [4.78, 5) is 26.9. The molecule has 1 atom stereocenters. The first-order valence-corrected chi connectivity index (χ1v) is 9.81. The van der Waals surface area contributed by atoms with Crippen molar-refractivity contribution in [3.8, 4) is 0 Å². The zero-order valence-electron chi connectivity index (χ0n) is 16.2. The first kappa shape index (κ1) is 18.9. The molecule has 2 aliphatic rings. The summed E-state index contributed by atoms with van der Waals surface area (Å²) in [6.07, 6.45) is 3.55. The predicted octanol–water partition coefficient (Wildman–Crippen LogP) is 3.22. The fraction of sp³-hybridized carbons (Fsp3) is 0.619. The number of hydrogen-bond donors (Lipinski definition) is 2. The van der Waals surface area contributed by atoms with Gasteiger partial charge in [0.25, 0.3) is 5.91 Å². The van der Waals surface area contributed by atoms with Crippen molar-refractivity contribution >= 4 is 11.9 Å². The van der Waals surface area contributed by atoms with Gasteiger partial charge in [-0.1, -0.05) is 38.1 Å². The van der Waals surface area contributed by atoms with Gasteiger partial charge in [-0.05, 0) is 68.7 Å². The average Bonchev–Trinajstić information content (AvgIpc) is 2.90. The lowest BCUT2D eigenvalue weighted by Crippen LogP contribution is -2.56. The number of nitrogens with one attached hydrogen (secondary N) is 2. The van der Waals surface area contributed by atoms with Gasteiger partial charge in [-0.25, -0.2) is 4.79 Å². The van der Waals surface area contributed by atoms with E-state index in [1.807, 2.05) is 0 Å². The van der Waals surface area contributed by atoms with Gasteiger partial charge in [0.1, 0.15) is 5.54 Å². The second kappa shape index (κ2) is 7.78. The highest BCUT2D eigenvalue weighted by Gasteiger charge is 2.51. The van der Waals surface area contributed by atoms with Crippen LogP contribution in [0, 0.1) is 18.8 Å². The van der Waals surface area contributed by atoms with Gasteiger partial charge in [0, 0.05) is 6.54 Å². The number of imide groups is 1. The maximum absolute atomic E-state index is 12.6. The minimum absolute atomic E-state index is 0.125. The van der Waals surface area contributed by atoms with Crippen LogP contribution in [0.1, 0.15) is 50.7 Å². The second-order valence-corrected chi connectivity index (χ2v) is 8.29. The molecule has 0 radical (unpaired) electrons. The number of carbonyl (C=O) groups excluding carboxylic acids is 2. The lowest BCUT2D eigenvalue weighted by atomic mass is 9.74. The number of urea groups is 1. The summed E-state index contributed by atoms with van der Waals surface area (Å²) in [6, 6.07) is 8.18. The van der Waals surface area contributed by atoms with Crippen LogP contribution in [0.3, 0.4) is 0 Å². The van der Waals surface area contributed by atoms with Crippen molar-refractivity contribution in [2.45, 2.75) is 58.5 Å². The Bertz CT molecular complexity index is 665. The van der Waals surface area contributed by atoms with Crippen molar-refractivity contribution in [3.05, 3.63) is 35.4 Å². The highest BCUT2D eigenvalue weighted by molar-refractivity contribution is 6.07. The Balaban J connectivity index is 1.65. The molecule has 2 aliphatic heterocycles. The number of benzene rings is 1. The molecule has 1 unspecified atom stereocenters. The van der Waals surface area contributed by atoms with Crippen LogP contribution < -0.4 is 10.6 Å². The highest BCUT2D eigenvalue weighted by atomic mass is 16.2. The Labute approximate surface area is 156 Å². The van der Waals surface area contributed by atoms with E-state index < -0.39 is 5.54 Å². The van der Waals surface area contributed by atoms with Crippen molar-refractivity contribution in [1.29, 1.82) is 0 Å². The van der Waals surface area contributed by atoms with E-state index in [1.165, 1.54) is 11.1 Å². The van der Waals surface area contributed by atoms with Crippen LogP contribution in [0.25, 0.3) is 0 Å². The van der Waals surface area contributed by atoms with Crippen LogP contribution in [0.15, 0.2) is 24.3 Å². The summed E-state index contributed by atoms with van der Waals surface area (Å²) in [7, 11) is 0. The molecule has 2 saturated heterocycles. The van der Waals surface area contributed by atoms with Crippen LogP contribution in [0.4, 0.5) is 4.79 Å². The van der Waals surface area contributed by atoms with Crippen LogP contribution >= 0.6 is 0 Å². The predicted molar refractivity (Wildman–Crippen MR) is 103 cm³/mol. The molecule has 2 heterocycles. The Hall–Kier alpha value is -1.88. The summed E-state index contributed by atoms with van der Waals surface area (Å²) in [5.41, 5.74) is 1.98. The molecule has 0 spiro atoms. The molecule has 0 aromatic heterocycles. The fourth-order valence-electron chi connectivity index (χ4n) is 4.30. The molecular weight excluding hydrogens is 326 g/mol. The molecule has 0 aliphatic carbocycles. The number of aryl methyl sites for hydroxylation is 1. The van der Waals surface area contributed by atoms with Crippen LogP contribution in [0.5, 0.6) is 0 Å². The van der Waals surface area contributed by atoms with E-state index >= 15 is 0 Å². The molecule has 1 aromatic rings. The Kier molecular flexibility index (Phi) is 5.66. The number of piperidine rings is 1. The number of likely N-dealkylation sites (tertiary alicyclic amines) is 1. The van der Waals surface area contributed by atoms with E-state index in [0.29, 0.717) is 5.92 Å². The first-order valence-electron chi connectivity index (χ1n) is 9.81. The third-order valence-corrected chi connectivity index (χ3v) is 6.02. The van der Waals surface area contributed by atoms with Gasteiger partial charge in [0.05, 0.1) is 0 Å². The van der Waals surface area contributed by atoms with E-state index in [0.717, 1.165) is 45.3 Å². The van der Waals surface area contributed by atoms with Crippen molar-refractivity contribution in [1.82, 2.24) is 15.5 Å². The smallest absolute Gasteiger partial charge is 0.322 e. The van der Waals surface area contributed by atoms with Gasteiger partial charge in [0.15, 0.2) is 0 Å². The quantitative estimate of drug-likeness (QED) is 0.769. The maximum Gasteiger partial charge on any atom is 0.322 e. The molecule has 0 bridgehead atoms. The third kappa shape index (κ3) is 3.93. The number of rotatable bonds is 6. The first-order chi connectivity index (χ1) is 12.4. The van der Waals surface area contributed by atoms with E-state index in [-0.39, 0.29) is 17.9 Å². The van der Waals surface area contributed by atoms with Crippen molar-refractivity contribution < 1.29 is 9.59 Å². The lowest BCUT2D eigenvalue weighted by Gasteiger charge is -2.41. The second-order valence-electron chi connectivity index (χ2n) is 8.29. The Morgan fingerprint density at radius 2 is 1.88 bits per heavy atom. The topological polar surface area (TPSA) is 61.4 Å². The molecule has 26 heavy (non-hydrogen) atoms. The zero-order valence-corrected chi connectivity index (χ0v) is 16.2. The highest BCUT2D eigenvalue weighted by Crippen LogP contribution is 2.35. The molecule has 5 nitrogen and oxygen atoms in total. The zero-order chi connectivity index (χ0) is 18.7. The van der Waals surface area contributed by atoms with Gasteiger partial charge in [-0.2, -0.15) is 0 Å². The number of carbonyl (C=O) groups is 2. The molecule has 3 rings (SSSR count). The SMILES string of the molecule is Cc1ccccc1CN1CCC(C2(CCC(C)C)NC(=O)NC2=O)CC1. The van der Waals surface area contributed by atoms with Crippen molar-refractivity contribution in [2.75, 3.05) is 13.1 Å². The number of hydrogen-bond acceptors (Lipinski definition) is 3. The Morgan fingerprint density at radius 3 is 2.46 bits per heavy atom. The number of nitrogens with zero attached hydrogens (tertiary/aromatic N) is 1. The van der Waals surface area contributed by atoms with Gasteiger partial charge >= 0.3 is 6.03 Å². The summed E-state index contributed by atoms with van der Waals surface area (Å²) in [5, 5.41) is 5.48. The standard InChI is InChI=1S/C21H31N3O2/c1-15(2)8-11-21(19(25)22-20(26)23-21)18-9-12-24(13-10-18)14-17-7-5-4-6-16(17)3/h4-7,15,18H,8-14H2,1-3H3,(H2,22,23,25,26). The van der Waals surface area contributed by atoms with Crippen LogP contribution in [0.2, 0.25) is 0 Å². The lowest BCUT2D eigenvalue weighted by molar-refractivity contribution is -0.127. The average molecular weight is 357 g/mol. The van der Waals surface area contributed by atoms with Gasteiger partial charge in [-0.3, -0.25) is 15.0 Å². The van der Waals surface area contributed by atoms with Gasteiger partial charge < -0.3 is 5.32 Å². The van der Waals surface area contributed by atoms with E-state index in [4.69, 9.17) is 0 Å². The fourth-order valence-corrected chi connectivity index (χ4v) is 4.30. The van der Waals surface area contributed by atoms with E-state index in [2.05, 4.69) is 60.6 Å². The minimum Gasteiger partial charge on any atom is -0.323 e. The van der Waals surface area contributed by atoms with Crippen molar-refractivity contribution in [3.63, 3.8) is 0 Å². The third-order valence-electron chi connectivity index (χ3n) is 6.02. The summed E-state index contributed by atoms with van der Waals surface area (Å²) in [5.74, 6) is 0.597. The molecule has 1 aromatic carbocycles. The molecule has 3 amide bonds. The molecule has 2 N–H and O–H groups in total. The van der Waals surface area contributed by atoms with E-state index in [9.17, 15) is 9.59 Å². The summed E-state index contributed by atoms with van der Waals surface area (Å²) < 4.78 is 0. The Morgan fingerprint density at radius 1 is 1.19 bits per heavy atom. The monoisotopic (exact) mass is 357 g/mol. The molecular formula is C21H31N3O2. The normalized spacial score (nSPS) is 24.8. The molecule has 5 heteroatoms. The van der Waals surface area contributed by atoms with Crippen molar-refractivity contribution in [2.24, 2.45) is 11.8 Å². The molecule has 142 valence electrons. The summed E-state index contributed by atoms with van der Waals surface area (Å²) >= 11 is 0. The van der Waals surface area contributed by atoms with Gasteiger partial charge in [-0.15, -0.1) is 0 Å². The minimum atomic E-state index is -0.712. The molecule has 2 fully saturated rings. The maximum atomic E-state index is 12.6. The molecule has 0 saturated carbocycles.